The number of methoxy groups -OCH3 is 1. The topological polar surface area (TPSA) is 138 Å². The van der Waals surface area contributed by atoms with Crippen LogP contribution in [0.25, 0.3) is 0 Å². The van der Waals surface area contributed by atoms with Crippen LogP contribution in [0.15, 0.2) is 41.4 Å². The third-order valence-corrected chi connectivity index (χ3v) is 12.3. The van der Waals surface area contributed by atoms with Crippen molar-refractivity contribution >= 4 is 50.5 Å². The SMILES string of the molecule is COCCN1CCN(c2ccc(S(=O)(=O)[C@@H]3C[C@@H](C(=O)NC4(N)CC4)N(C(=O)C4(c5ccc(Cl)nc5)CC4)C3)c(Cl)c2)CC1. The van der Waals surface area contributed by atoms with Gasteiger partial charge in [0.05, 0.1) is 32.9 Å². The quantitative estimate of drug-likeness (QED) is 0.289. The van der Waals surface area contributed by atoms with E-state index in [0.29, 0.717) is 43.0 Å². The zero-order chi connectivity index (χ0) is 31.3. The number of hydrogen-bond donors (Lipinski definition) is 2. The summed E-state index contributed by atoms with van der Waals surface area (Å²) in [7, 11) is -2.31. The van der Waals surface area contributed by atoms with E-state index in [4.69, 9.17) is 33.7 Å². The Hall–Kier alpha value is -2.48. The van der Waals surface area contributed by atoms with Gasteiger partial charge in [-0.15, -0.1) is 0 Å². The second-order valence-electron chi connectivity index (χ2n) is 12.4. The number of likely N-dealkylation sites (tertiary alicyclic amines) is 1. The molecular formula is C30H38Cl2N6O5S. The van der Waals surface area contributed by atoms with Crippen molar-refractivity contribution in [1.29, 1.82) is 0 Å². The summed E-state index contributed by atoms with van der Waals surface area (Å²) in [6.45, 7) is 4.74. The Morgan fingerprint density at radius 2 is 1.82 bits per heavy atom. The van der Waals surface area contributed by atoms with Gasteiger partial charge in [-0.3, -0.25) is 14.5 Å². The Morgan fingerprint density at radius 3 is 2.41 bits per heavy atom. The van der Waals surface area contributed by atoms with Gasteiger partial charge in [0.15, 0.2) is 9.84 Å². The molecule has 2 aliphatic heterocycles. The van der Waals surface area contributed by atoms with Crippen LogP contribution in [0.3, 0.4) is 0 Å². The number of halogens is 2. The standard InChI is InChI=1S/C30H38Cl2N6O5S/c1-43-15-14-36-10-12-37(13-11-36)21-3-4-25(23(31)16-21)44(41,42)22-17-24(27(39)35-30(33)8-9-30)38(19-22)28(40)29(6-7-29)20-2-5-26(32)34-18-20/h2-5,16,18,22,24H,6-15,17,19,33H2,1H3,(H,35,39)/t22-,24+/m1/s1. The van der Waals surface area contributed by atoms with Gasteiger partial charge in [0.25, 0.3) is 0 Å². The maximum absolute atomic E-state index is 14.1. The number of nitrogens with one attached hydrogen (secondary N) is 1. The maximum Gasteiger partial charge on any atom is 0.244 e. The summed E-state index contributed by atoms with van der Waals surface area (Å²) >= 11 is 12.6. The molecule has 6 rings (SSSR count). The summed E-state index contributed by atoms with van der Waals surface area (Å²) < 4.78 is 33.3. The van der Waals surface area contributed by atoms with Crippen molar-refractivity contribution in [2.24, 2.45) is 5.73 Å². The zero-order valence-electron chi connectivity index (χ0n) is 24.7. The second-order valence-corrected chi connectivity index (χ2v) is 15.4. The molecule has 2 aromatic rings. The van der Waals surface area contributed by atoms with Crippen LogP contribution in [-0.4, -0.2) is 105 Å². The number of pyridine rings is 1. The van der Waals surface area contributed by atoms with E-state index in [-0.39, 0.29) is 28.8 Å². The minimum atomic E-state index is -4.00. The van der Waals surface area contributed by atoms with Gasteiger partial charge < -0.3 is 25.6 Å². The van der Waals surface area contributed by atoms with Gasteiger partial charge in [0, 0.05) is 58.3 Å². The number of rotatable bonds is 10. The predicted molar refractivity (Wildman–Crippen MR) is 168 cm³/mol. The van der Waals surface area contributed by atoms with Gasteiger partial charge >= 0.3 is 0 Å². The molecule has 14 heteroatoms. The van der Waals surface area contributed by atoms with Crippen LogP contribution in [-0.2, 0) is 29.6 Å². The highest BCUT2D eigenvalue weighted by Gasteiger charge is 2.58. The van der Waals surface area contributed by atoms with Crippen LogP contribution < -0.4 is 16.0 Å². The minimum absolute atomic E-state index is 0.000582. The third-order valence-electron chi connectivity index (χ3n) is 9.44. The van der Waals surface area contributed by atoms with E-state index in [1.54, 1.807) is 43.6 Å². The molecule has 0 radical (unpaired) electrons. The van der Waals surface area contributed by atoms with Gasteiger partial charge in [-0.1, -0.05) is 29.3 Å². The number of carbonyl (C=O) groups excluding carboxylic acids is 2. The summed E-state index contributed by atoms with van der Waals surface area (Å²) in [6.07, 6.45) is 3.94. The molecule has 0 unspecified atom stereocenters. The maximum atomic E-state index is 14.1. The first-order valence-electron chi connectivity index (χ1n) is 15.0. The zero-order valence-corrected chi connectivity index (χ0v) is 27.0. The Bertz CT molecular complexity index is 1520. The van der Waals surface area contributed by atoms with Crippen LogP contribution in [0.2, 0.25) is 10.2 Å². The number of nitrogens with zero attached hydrogens (tertiary/aromatic N) is 4. The lowest BCUT2D eigenvalue weighted by Gasteiger charge is -2.36. The van der Waals surface area contributed by atoms with E-state index in [2.05, 4.69) is 20.1 Å². The number of benzene rings is 1. The highest BCUT2D eigenvalue weighted by Crippen LogP contribution is 2.51. The van der Waals surface area contributed by atoms with Crippen LogP contribution >= 0.6 is 23.2 Å². The Balaban J connectivity index is 1.22. The van der Waals surface area contributed by atoms with Gasteiger partial charge in [-0.2, -0.15) is 0 Å². The lowest BCUT2D eigenvalue weighted by atomic mass is 9.95. The number of hydrogen-bond acceptors (Lipinski definition) is 9. The summed E-state index contributed by atoms with van der Waals surface area (Å²) in [4.78, 5) is 37.7. The molecule has 2 saturated carbocycles. The molecular weight excluding hydrogens is 627 g/mol. The Kier molecular flexibility index (Phi) is 8.61. The number of anilines is 1. The van der Waals surface area contributed by atoms with Crippen LogP contribution in [0, 0.1) is 0 Å². The van der Waals surface area contributed by atoms with Crippen molar-refractivity contribution in [3.8, 4) is 0 Å². The molecule has 2 atom stereocenters. The molecule has 3 heterocycles. The molecule has 4 aliphatic rings. The fourth-order valence-electron chi connectivity index (χ4n) is 6.32. The number of piperazine rings is 1. The molecule has 2 amide bonds. The van der Waals surface area contributed by atoms with Gasteiger partial charge in [0.2, 0.25) is 11.8 Å². The predicted octanol–water partition coefficient (Wildman–Crippen LogP) is 2.20. The van der Waals surface area contributed by atoms with Crippen LogP contribution in [0.1, 0.15) is 37.7 Å². The molecule has 0 spiro atoms. The average Bonchev–Trinajstić information content (AvgIpc) is 3.91. The number of amides is 2. The summed E-state index contributed by atoms with van der Waals surface area (Å²) in [5, 5.41) is 2.26. The number of ether oxygens (including phenoxy) is 1. The molecule has 2 saturated heterocycles. The van der Waals surface area contributed by atoms with Crippen molar-refractivity contribution in [2.45, 2.75) is 59.4 Å². The van der Waals surface area contributed by atoms with E-state index < -0.39 is 38.1 Å². The smallest absolute Gasteiger partial charge is 0.244 e. The van der Waals surface area contributed by atoms with Crippen molar-refractivity contribution in [3.05, 3.63) is 52.3 Å². The van der Waals surface area contributed by atoms with Crippen molar-refractivity contribution in [2.75, 3.05) is 57.9 Å². The highest BCUT2D eigenvalue weighted by atomic mass is 35.5. The Morgan fingerprint density at radius 1 is 1.09 bits per heavy atom. The van der Waals surface area contributed by atoms with E-state index >= 15 is 0 Å². The molecule has 238 valence electrons. The van der Waals surface area contributed by atoms with E-state index in [1.807, 2.05) is 0 Å². The lowest BCUT2D eigenvalue weighted by Crippen LogP contribution is -2.54. The average molecular weight is 666 g/mol. The van der Waals surface area contributed by atoms with Crippen LogP contribution in [0.5, 0.6) is 0 Å². The normalized spacial score (nSPS) is 24.3. The molecule has 1 aromatic heterocycles. The number of aromatic nitrogens is 1. The molecule has 1 aromatic carbocycles. The van der Waals surface area contributed by atoms with E-state index in [0.717, 1.165) is 38.4 Å². The van der Waals surface area contributed by atoms with Gasteiger partial charge in [-0.25, -0.2) is 13.4 Å². The van der Waals surface area contributed by atoms with Gasteiger partial charge in [-0.05, 0) is 61.9 Å². The fourth-order valence-corrected chi connectivity index (χ4v) is 8.66. The summed E-state index contributed by atoms with van der Waals surface area (Å²) in [6, 6.07) is 7.44. The van der Waals surface area contributed by atoms with Crippen molar-refractivity contribution in [3.63, 3.8) is 0 Å². The van der Waals surface area contributed by atoms with Crippen molar-refractivity contribution < 1.29 is 22.7 Å². The van der Waals surface area contributed by atoms with Crippen LogP contribution in [0.4, 0.5) is 5.69 Å². The monoisotopic (exact) mass is 664 g/mol. The molecule has 2 aliphatic carbocycles. The lowest BCUT2D eigenvalue weighted by molar-refractivity contribution is -0.140. The minimum Gasteiger partial charge on any atom is -0.383 e. The first-order chi connectivity index (χ1) is 21.0. The van der Waals surface area contributed by atoms with E-state index in [9.17, 15) is 18.0 Å². The Labute approximate surface area is 267 Å². The highest BCUT2D eigenvalue weighted by molar-refractivity contribution is 7.92. The molecule has 4 fully saturated rings. The molecule has 11 nitrogen and oxygen atoms in total. The number of sulfone groups is 1. The first kappa shape index (κ1) is 31.5. The largest absolute Gasteiger partial charge is 0.383 e. The molecule has 44 heavy (non-hydrogen) atoms. The first-order valence-corrected chi connectivity index (χ1v) is 17.3. The number of nitrogens with two attached hydrogens (primary N) is 1. The van der Waals surface area contributed by atoms with Gasteiger partial charge in [0.1, 0.15) is 11.2 Å². The third kappa shape index (κ3) is 6.17. The molecule has 3 N–H and O–H groups in total. The second kappa shape index (κ2) is 12.0. The van der Waals surface area contributed by atoms with Crippen molar-refractivity contribution in [1.82, 2.24) is 20.1 Å². The van der Waals surface area contributed by atoms with E-state index in [1.165, 1.54) is 4.90 Å². The fraction of sp³-hybridized carbons (Fsp3) is 0.567. The number of carbonyl (C=O) groups is 2. The summed E-state index contributed by atoms with van der Waals surface area (Å²) in [5.74, 6) is -0.723. The summed E-state index contributed by atoms with van der Waals surface area (Å²) in [5.41, 5.74) is 6.06. The molecule has 0 bridgehead atoms.